The number of urea groups is 1. The summed E-state index contributed by atoms with van der Waals surface area (Å²) in [4.78, 5) is 14.5. The molecule has 1 aliphatic heterocycles. The Morgan fingerprint density at radius 2 is 1.71 bits per heavy atom. The molecule has 0 unspecified atom stereocenters. The molecule has 1 heterocycles. The van der Waals surface area contributed by atoms with Gasteiger partial charge in [-0.05, 0) is 29.7 Å². The highest BCUT2D eigenvalue weighted by atomic mass is 16.2. The Morgan fingerprint density at radius 3 is 2.48 bits per heavy atom. The quantitative estimate of drug-likeness (QED) is 0.828. The van der Waals surface area contributed by atoms with Gasteiger partial charge in [0, 0.05) is 18.5 Å². The van der Waals surface area contributed by atoms with Gasteiger partial charge < -0.3 is 10.2 Å². The first-order valence-electron chi connectivity index (χ1n) is 7.67. The van der Waals surface area contributed by atoms with E-state index in [0.29, 0.717) is 11.8 Å². The maximum Gasteiger partial charge on any atom is 0.321 e. The van der Waals surface area contributed by atoms with Crippen LogP contribution in [0.5, 0.6) is 0 Å². The van der Waals surface area contributed by atoms with Crippen LogP contribution in [0.15, 0.2) is 42.5 Å². The first-order chi connectivity index (χ1) is 10.1. The van der Waals surface area contributed by atoms with Crippen LogP contribution in [0.25, 0.3) is 10.8 Å². The van der Waals surface area contributed by atoms with Crippen molar-refractivity contribution in [2.24, 2.45) is 11.8 Å². The van der Waals surface area contributed by atoms with Crippen molar-refractivity contribution < 1.29 is 4.79 Å². The Morgan fingerprint density at radius 1 is 1.05 bits per heavy atom. The molecule has 1 fully saturated rings. The fourth-order valence-corrected chi connectivity index (χ4v) is 3.36. The van der Waals surface area contributed by atoms with Gasteiger partial charge in [-0.15, -0.1) is 0 Å². The number of piperidine rings is 1. The Bertz CT molecular complexity index is 637. The van der Waals surface area contributed by atoms with E-state index in [1.165, 1.54) is 6.42 Å². The SMILES string of the molecule is C[C@@H]1C[C@@H](C)CN(C(=O)Nc2cccc3ccccc23)C1. The van der Waals surface area contributed by atoms with Gasteiger partial charge in [0.1, 0.15) is 0 Å². The van der Waals surface area contributed by atoms with Crippen LogP contribution < -0.4 is 5.32 Å². The van der Waals surface area contributed by atoms with Crippen molar-refractivity contribution in [1.29, 1.82) is 0 Å². The van der Waals surface area contributed by atoms with E-state index in [2.05, 4.69) is 31.3 Å². The molecule has 0 radical (unpaired) electrons. The molecule has 0 spiro atoms. The molecule has 3 heteroatoms. The van der Waals surface area contributed by atoms with Crippen LogP contribution >= 0.6 is 0 Å². The molecule has 0 bridgehead atoms. The number of hydrogen-bond acceptors (Lipinski definition) is 1. The zero-order chi connectivity index (χ0) is 14.8. The third-order valence-corrected chi connectivity index (χ3v) is 4.19. The number of amides is 2. The second-order valence-corrected chi connectivity index (χ2v) is 6.31. The number of rotatable bonds is 1. The highest BCUT2D eigenvalue weighted by Gasteiger charge is 2.25. The van der Waals surface area contributed by atoms with Gasteiger partial charge in [0.05, 0.1) is 5.69 Å². The molecule has 2 aromatic carbocycles. The fourth-order valence-electron chi connectivity index (χ4n) is 3.36. The zero-order valence-electron chi connectivity index (χ0n) is 12.7. The summed E-state index contributed by atoms with van der Waals surface area (Å²) in [7, 11) is 0. The number of likely N-dealkylation sites (tertiary alicyclic amines) is 1. The lowest BCUT2D eigenvalue weighted by Crippen LogP contribution is -2.44. The number of anilines is 1. The summed E-state index contributed by atoms with van der Waals surface area (Å²) in [6.07, 6.45) is 1.21. The van der Waals surface area contributed by atoms with Gasteiger partial charge in [0.25, 0.3) is 0 Å². The molecule has 1 saturated heterocycles. The van der Waals surface area contributed by atoms with Crippen LogP contribution in [0.1, 0.15) is 20.3 Å². The largest absolute Gasteiger partial charge is 0.324 e. The van der Waals surface area contributed by atoms with Crippen LogP contribution in [-0.2, 0) is 0 Å². The lowest BCUT2D eigenvalue weighted by molar-refractivity contribution is 0.156. The summed E-state index contributed by atoms with van der Waals surface area (Å²) in [6, 6.07) is 14.2. The summed E-state index contributed by atoms with van der Waals surface area (Å²) in [6.45, 7) is 6.13. The number of fused-ring (bicyclic) bond motifs is 1. The van der Waals surface area contributed by atoms with Crippen LogP contribution in [-0.4, -0.2) is 24.0 Å². The van der Waals surface area contributed by atoms with E-state index < -0.39 is 0 Å². The molecule has 3 nitrogen and oxygen atoms in total. The number of nitrogens with one attached hydrogen (secondary N) is 1. The van der Waals surface area contributed by atoms with E-state index in [1.807, 2.05) is 35.2 Å². The standard InChI is InChI=1S/C18H22N2O/c1-13-10-14(2)12-20(11-13)18(21)19-17-9-5-7-15-6-3-4-8-16(15)17/h3-9,13-14H,10-12H2,1-2H3,(H,19,21)/t13-,14-/m1/s1. The molecule has 0 saturated carbocycles. The molecule has 0 aliphatic carbocycles. The third-order valence-electron chi connectivity index (χ3n) is 4.19. The maximum atomic E-state index is 12.5. The highest BCUT2D eigenvalue weighted by molar-refractivity contribution is 6.01. The number of benzene rings is 2. The van der Waals surface area contributed by atoms with Gasteiger partial charge in [-0.3, -0.25) is 0 Å². The van der Waals surface area contributed by atoms with Crippen molar-refractivity contribution in [3.8, 4) is 0 Å². The van der Waals surface area contributed by atoms with Gasteiger partial charge in [-0.25, -0.2) is 4.79 Å². The average Bonchev–Trinajstić information content (AvgIpc) is 2.46. The number of carbonyl (C=O) groups excluding carboxylic acids is 1. The zero-order valence-corrected chi connectivity index (χ0v) is 12.7. The Kier molecular flexibility index (Phi) is 3.82. The van der Waals surface area contributed by atoms with Crippen molar-refractivity contribution in [2.45, 2.75) is 20.3 Å². The summed E-state index contributed by atoms with van der Waals surface area (Å²) >= 11 is 0. The molecular formula is C18H22N2O. The molecule has 1 aliphatic rings. The minimum absolute atomic E-state index is 0.0183. The second kappa shape index (κ2) is 5.76. The van der Waals surface area contributed by atoms with Crippen LogP contribution in [0.4, 0.5) is 10.5 Å². The molecule has 2 aromatic rings. The smallest absolute Gasteiger partial charge is 0.321 e. The minimum Gasteiger partial charge on any atom is -0.324 e. The molecule has 1 N–H and O–H groups in total. The number of carbonyl (C=O) groups is 1. The van der Waals surface area contributed by atoms with E-state index in [9.17, 15) is 4.79 Å². The third kappa shape index (κ3) is 3.02. The van der Waals surface area contributed by atoms with Gasteiger partial charge in [0.2, 0.25) is 0 Å². The van der Waals surface area contributed by atoms with Crippen molar-refractivity contribution in [3.63, 3.8) is 0 Å². The van der Waals surface area contributed by atoms with Crippen LogP contribution in [0.2, 0.25) is 0 Å². The van der Waals surface area contributed by atoms with E-state index in [4.69, 9.17) is 0 Å². The lowest BCUT2D eigenvalue weighted by atomic mass is 9.92. The van der Waals surface area contributed by atoms with E-state index >= 15 is 0 Å². The predicted molar refractivity (Wildman–Crippen MR) is 87.5 cm³/mol. The van der Waals surface area contributed by atoms with Crippen molar-refractivity contribution in [2.75, 3.05) is 18.4 Å². The minimum atomic E-state index is 0.0183. The molecule has 110 valence electrons. The van der Waals surface area contributed by atoms with Crippen molar-refractivity contribution in [1.82, 2.24) is 4.90 Å². The normalized spacial score (nSPS) is 22.3. The van der Waals surface area contributed by atoms with E-state index in [-0.39, 0.29) is 6.03 Å². The summed E-state index contributed by atoms with van der Waals surface area (Å²) < 4.78 is 0. The maximum absolute atomic E-state index is 12.5. The van der Waals surface area contributed by atoms with Gasteiger partial charge in [0.15, 0.2) is 0 Å². The van der Waals surface area contributed by atoms with E-state index in [0.717, 1.165) is 29.5 Å². The Balaban J connectivity index is 1.80. The van der Waals surface area contributed by atoms with Gasteiger partial charge in [-0.2, -0.15) is 0 Å². The first kappa shape index (κ1) is 13.9. The lowest BCUT2D eigenvalue weighted by Gasteiger charge is -2.35. The summed E-state index contributed by atoms with van der Waals surface area (Å²) in [5, 5.41) is 5.32. The summed E-state index contributed by atoms with van der Waals surface area (Å²) in [5.41, 5.74) is 0.893. The second-order valence-electron chi connectivity index (χ2n) is 6.31. The molecule has 2 amide bonds. The molecule has 2 atom stereocenters. The van der Waals surface area contributed by atoms with Crippen molar-refractivity contribution in [3.05, 3.63) is 42.5 Å². The van der Waals surface area contributed by atoms with Gasteiger partial charge >= 0.3 is 6.03 Å². The molecule has 3 rings (SSSR count). The van der Waals surface area contributed by atoms with Gasteiger partial charge in [-0.1, -0.05) is 50.2 Å². The monoisotopic (exact) mass is 282 g/mol. The first-order valence-corrected chi connectivity index (χ1v) is 7.67. The highest BCUT2D eigenvalue weighted by Crippen LogP contribution is 2.25. The molecule has 21 heavy (non-hydrogen) atoms. The number of hydrogen-bond donors (Lipinski definition) is 1. The number of nitrogens with zero attached hydrogens (tertiary/aromatic N) is 1. The average molecular weight is 282 g/mol. The van der Waals surface area contributed by atoms with Crippen molar-refractivity contribution >= 4 is 22.5 Å². The van der Waals surface area contributed by atoms with Crippen LogP contribution in [0.3, 0.4) is 0 Å². The molecule has 0 aromatic heterocycles. The Hall–Kier alpha value is -2.03. The topological polar surface area (TPSA) is 32.3 Å². The van der Waals surface area contributed by atoms with Crippen LogP contribution in [0, 0.1) is 11.8 Å². The summed E-state index contributed by atoms with van der Waals surface area (Å²) in [5.74, 6) is 1.15. The fraction of sp³-hybridized carbons (Fsp3) is 0.389. The Labute approximate surface area is 125 Å². The van der Waals surface area contributed by atoms with E-state index in [1.54, 1.807) is 0 Å². The predicted octanol–water partition coefficient (Wildman–Crippen LogP) is 4.35. The molecular weight excluding hydrogens is 260 g/mol.